The number of aryl methyl sites for hydroxylation is 1. The van der Waals surface area contributed by atoms with Crippen LogP contribution in [0.15, 0.2) is 40.9 Å². The van der Waals surface area contributed by atoms with Crippen LogP contribution < -0.4 is 10.2 Å². The number of nitrogens with one attached hydrogen (secondary N) is 1. The van der Waals surface area contributed by atoms with Crippen molar-refractivity contribution in [2.24, 2.45) is 0 Å². The summed E-state index contributed by atoms with van der Waals surface area (Å²) in [5, 5.41) is 2.78. The topological polar surface area (TPSA) is 88.2 Å². The third-order valence-corrected chi connectivity index (χ3v) is 6.52. The summed E-state index contributed by atoms with van der Waals surface area (Å²) in [6.07, 6.45) is 0.228. The van der Waals surface area contributed by atoms with E-state index in [1.807, 2.05) is 52.8 Å². The predicted octanol–water partition coefficient (Wildman–Crippen LogP) is 6.60. The van der Waals surface area contributed by atoms with Crippen molar-refractivity contribution in [2.75, 3.05) is 30.4 Å². The zero-order valence-corrected chi connectivity index (χ0v) is 24.0. The molecule has 2 aromatic rings. The number of carbonyl (C=O) groups excluding carboxylic acids is 3. The van der Waals surface area contributed by atoms with Gasteiger partial charge < -0.3 is 19.3 Å². The number of anilines is 2. The maximum Gasteiger partial charge on any atom is 0.411 e. The highest BCUT2D eigenvalue weighted by atomic mass is 79.9. The monoisotopic (exact) mass is 573 g/mol. The standard InChI is InChI=1S/C28H36BrN3O5/c1-18-14-21(29)9-11-23(18)19(2)17-36-26(34)30-22-10-12-24(32-13-7-8-25(32)33)20(15-22)16-31(6)27(35)37-28(3,4)5/h9-12,14-15,19H,7-8,13,16-17H2,1-6H3,(H,30,34)/t19-/m0/s1. The molecule has 200 valence electrons. The lowest BCUT2D eigenvalue weighted by Crippen LogP contribution is -2.34. The van der Waals surface area contributed by atoms with E-state index < -0.39 is 17.8 Å². The summed E-state index contributed by atoms with van der Waals surface area (Å²) < 4.78 is 12.0. The highest BCUT2D eigenvalue weighted by Crippen LogP contribution is 2.30. The third kappa shape index (κ3) is 7.95. The molecular weight excluding hydrogens is 538 g/mol. The molecule has 0 radical (unpaired) electrons. The van der Waals surface area contributed by atoms with Crippen LogP contribution in [0.25, 0.3) is 0 Å². The van der Waals surface area contributed by atoms with E-state index in [-0.39, 0.29) is 25.0 Å². The van der Waals surface area contributed by atoms with Crippen molar-refractivity contribution in [3.63, 3.8) is 0 Å². The highest BCUT2D eigenvalue weighted by Gasteiger charge is 2.26. The molecule has 0 unspecified atom stereocenters. The van der Waals surface area contributed by atoms with Crippen molar-refractivity contribution in [3.05, 3.63) is 57.6 Å². The fraction of sp³-hybridized carbons (Fsp3) is 0.464. The number of rotatable bonds is 7. The first-order valence-corrected chi connectivity index (χ1v) is 13.2. The lowest BCUT2D eigenvalue weighted by atomic mass is 9.97. The number of benzene rings is 2. The molecule has 3 amide bonds. The van der Waals surface area contributed by atoms with Crippen LogP contribution in [0.4, 0.5) is 21.0 Å². The Labute approximate surface area is 227 Å². The molecule has 37 heavy (non-hydrogen) atoms. The summed E-state index contributed by atoms with van der Waals surface area (Å²) in [4.78, 5) is 40.8. The molecule has 8 nitrogen and oxygen atoms in total. The van der Waals surface area contributed by atoms with Gasteiger partial charge in [-0.2, -0.15) is 0 Å². The molecule has 1 aliphatic heterocycles. The molecule has 0 aliphatic carbocycles. The van der Waals surface area contributed by atoms with Gasteiger partial charge in [0.05, 0.1) is 13.2 Å². The van der Waals surface area contributed by atoms with Gasteiger partial charge in [0.2, 0.25) is 5.91 Å². The lowest BCUT2D eigenvalue weighted by molar-refractivity contribution is -0.117. The van der Waals surface area contributed by atoms with E-state index in [9.17, 15) is 14.4 Å². The van der Waals surface area contributed by atoms with Crippen molar-refractivity contribution in [1.29, 1.82) is 0 Å². The van der Waals surface area contributed by atoms with Gasteiger partial charge in [-0.05, 0) is 81.1 Å². The Bertz CT molecular complexity index is 1160. The van der Waals surface area contributed by atoms with Gasteiger partial charge >= 0.3 is 12.2 Å². The van der Waals surface area contributed by atoms with E-state index in [4.69, 9.17) is 9.47 Å². The average molecular weight is 575 g/mol. The normalized spacial score (nSPS) is 14.4. The van der Waals surface area contributed by atoms with Gasteiger partial charge in [-0.3, -0.25) is 10.1 Å². The molecule has 0 saturated carbocycles. The van der Waals surface area contributed by atoms with Crippen LogP contribution in [0, 0.1) is 6.92 Å². The first kappa shape index (κ1) is 28.5. The van der Waals surface area contributed by atoms with Gasteiger partial charge in [0, 0.05) is 41.8 Å². The van der Waals surface area contributed by atoms with Crippen LogP contribution in [-0.4, -0.2) is 48.8 Å². The lowest BCUT2D eigenvalue weighted by Gasteiger charge is -2.27. The van der Waals surface area contributed by atoms with Crippen molar-refractivity contribution in [2.45, 2.75) is 65.5 Å². The molecule has 0 bridgehead atoms. The number of hydrogen-bond acceptors (Lipinski definition) is 5. The van der Waals surface area contributed by atoms with Gasteiger partial charge in [-0.15, -0.1) is 0 Å². The molecule has 0 aromatic heterocycles. The van der Waals surface area contributed by atoms with E-state index in [1.54, 1.807) is 30.1 Å². The Balaban J connectivity index is 1.72. The summed E-state index contributed by atoms with van der Waals surface area (Å²) in [7, 11) is 1.64. The summed E-state index contributed by atoms with van der Waals surface area (Å²) in [5.74, 6) is 0.0685. The van der Waals surface area contributed by atoms with Gasteiger partial charge in [-0.1, -0.05) is 28.9 Å². The minimum atomic E-state index is -0.627. The average Bonchev–Trinajstić information content (AvgIpc) is 3.22. The Morgan fingerprint density at radius 3 is 2.54 bits per heavy atom. The fourth-order valence-electron chi connectivity index (χ4n) is 4.25. The van der Waals surface area contributed by atoms with Gasteiger partial charge in [0.1, 0.15) is 5.60 Å². The number of hydrogen-bond donors (Lipinski definition) is 1. The van der Waals surface area contributed by atoms with Crippen LogP contribution >= 0.6 is 15.9 Å². The van der Waals surface area contributed by atoms with Crippen LogP contribution in [0.2, 0.25) is 0 Å². The van der Waals surface area contributed by atoms with E-state index in [0.29, 0.717) is 18.7 Å². The fourth-order valence-corrected chi connectivity index (χ4v) is 4.73. The number of carbonyl (C=O) groups is 3. The van der Waals surface area contributed by atoms with Gasteiger partial charge in [-0.25, -0.2) is 9.59 Å². The molecule has 1 heterocycles. The molecule has 9 heteroatoms. The molecule has 1 aliphatic rings. The van der Waals surface area contributed by atoms with E-state index in [0.717, 1.165) is 33.3 Å². The molecule has 3 rings (SSSR count). The molecule has 1 fully saturated rings. The van der Waals surface area contributed by atoms with Crippen LogP contribution in [0.5, 0.6) is 0 Å². The minimum Gasteiger partial charge on any atom is -0.449 e. The largest absolute Gasteiger partial charge is 0.449 e. The van der Waals surface area contributed by atoms with Crippen LogP contribution in [0.1, 0.15) is 63.1 Å². The van der Waals surface area contributed by atoms with Crippen molar-refractivity contribution < 1.29 is 23.9 Å². The van der Waals surface area contributed by atoms with Crippen LogP contribution in [-0.2, 0) is 20.8 Å². The van der Waals surface area contributed by atoms with Crippen molar-refractivity contribution in [1.82, 2.24) is 4.90 Å². The summed E-state index contributed by atoms with van der Waals surface area (Å²) >= 11 is 3.47. The van der Waals surface area contributed by atoms with E-state index >= 15 is 0 Å². The van der Waals surface area contributed by atoms with Crippen LogP contribution in [0.3, 0.4) is 0 Å². The zero-order chi connectivity index (χ0) is 27.3. The molecule has 1 N–H and O–H groups in total. The van der Waals surface area contributed by atoms with Gasteiger partial charge in [0.15, 0.2) is 0 Å². The second kappa shape index (κ2) is 12.0. The molecule has 1 saturated heterocycles. The van der Waals surface area contributed by atoms with E-state index in [2.05, 4.69) is 21.2 Å². The maximum absolute atomic E-state index is 12.6. The number of halogens is 1. The second-order valence-electron chi connectivity index (χ2n) is 10.5. The number of ether oxygens (including phenoxy) is 2. The Hall–Kier alpha value is -3.07. The number of nitrogens with zero attached hydrogens (tertiary/aromatic N) is 2. The molecule has 2 aromatic carbocycles. The Morgan fingerprint density at radius 2 is 1.92 bits per heavy atom. The summed E-state index contributed by atoms with van der Waals surface area (Å²) in [5.41, 5.74) is 3.56. The number of amides is 3. The highest BCUT2D eigenvalue weighted by molar-refractivity contribution is 9.10. The maximum atomic E-state index is 12.6. The Kier molecular flexibility index (Phi) is 9.23. The van der Waals surface area contributed by atoms with E-state index in [1.165, 1.54) is 4.90 Å². The molecule has 1 atom stereocenters. The predicted molar refractivity (Wildman–Crippen MR) is 148 cm³/mol. The SMILES string of the molecule is Cc1cc(Br)ccc1[C@@H](C)COC(=O)Nc1ccc(N2CCCC2=O)c(CN(C)C(=O)OC(C)(C)C)c1. The van der Waals surface area contributed by atoms with Crippen molar-refractivity contribution in [3.8, 4) is 0 Å². The zero-order valence-electron chi connectivity index (χ0n) is 22.4. The molecular formula is C28H36BrN3O5. The first-order valence-electron chi connectivity index (χ1n) is 12.4. The smallest absolute Gasteiger partial charge is 0.411 e. The summed E-state index contributed by atoms with van der Waals surface area (Å²) in [6.45, 7) is 10.5. The first-order chi connectivity index (χ1) is 17.3. The Morgan fingerprint density at radius 1 is 1.19 bits per heavy atom. The summed E-state index contributed by atoms with van der Waals surface area (Å²) in [6, 6.07) is 11.3. The second-order valence-corrected chi connectivity index (χ2v) is 11.4. The quantitative estimate of drug-likeness (QED) is 0.403. The van der Waals surface area contributed by atoms with Gasteiger partial charge in [0.25, 0.3) is 0 Å². The minimum absolute atomic E-state index is 0.0282. The molecule has 0 spiro atoms. The third-order valence-electron chi connectivity index (χ3n) is 6.03. The van der Waals surface area contributed by atoms with Crippen molar-refractivity contribution >= 4 is 45.4 Å².